The summed E-state index contributed by atoms with van der Waals surface area (Å²) in [6, 6.07) is 17.4. The fourth-order valence-corrected chi connectivity index (χ4v) is 3.92. The van der Waals surface area contributed by atoms with Gasteiger partial charge in [-0.3, -0.25) is 4.79 Å². The Bertz CT molecular complexity index is 823. The summed E-state index contributed by atoms with van der Waals surface area (Å²) in [5, 5.41) is 12.9. The minimum atomic E-state index is -0.0784. The standard InChI is InChI=1S/C17H14ClN3OS2/c18-13-8-4-5-9-14(13)23-11-10-15(22)19-17-21-20-16(24-17)12-6-2-1-3-7-12/h1-9H,10-11H2,(H,19,21,22). The molecule has 0 bridgehead atoms. The van der Waals surface area contributed by atoms with E-state index in [0.29, 0.717) is 22.3 Å². The Labute approximate surface area is 153 Å². The molecule has 0 spiro atoms. The van der Waals surface area contributed by atoms with E-state index >= 15 is 0 Å². The summed E-state index contributed by atoms with van der Waals surface area (Å²) in [6.07, 6.45) is 0.385. The molecule has 4 nitrogen and oxygen atoms in total. The van der Waals surface area contributed by atoms with Crippen molar-refractivity contribution in [2.75, 3.05) is 11.1 Å². The lowest BCUT2D eigenvalue weighted by Crippen LogP contribution is -2.11. The van der Waals surface area contributed by atoms with E-state index in [1.807, 2.05) is 54.6 Å². The van der Waals surface area contributed by atoms with E-state index in [4.69, 9.17) is 11.6 Å². The van der Waals surface area contributed by atoms with Crippen LogP contribution in [-0.4, -0.2) is 21.9 Å². The number of halogens is 1. The number of carbonyl (C=O) groups is 1. The van der Waals surface area contributed by atoms with Crippen LogP contribution < -0.4 is 5.32 Å². The normalized spacial score (nSPS) is 10.5. The molecule has 1 aromatic heterocycles. The van der Waals surface area contributed by atoms with Crippen molar-refractivity contribution >= 4 is 45.7 Å². The van der Waals surface area contributed by atoms with Crippen molar-refractivity contribution in [3.8, 4) is 10.6 Å². The number of nitrogens with zero attached hydrogens (tertiary/aromatic N) is 2. The highest BCUT2D eigenvalue weighted by Crippen LogP contribution is 2.28. The van der Waals surface area contributed by atoms with Crippen LogP contribution in [0.15, 0.2) is 59.5 Å². The second-order valence-electron chi connectivity index (χ2n) is 4.86. The quantitative estimate of drug-likeness (QED) is 0.617. The zero-order chi connectivity index (χ0) is 16.8. The van der Waals surface area contributed by atoms with Crippen LogP contribution in [0.25, 0.3) is 10.6 Å². The first-order valence-corrected chi connectivity index (χ1v) is 9.46. The van der Waals surface area contributed by atoms with Crippen molar-refractivity contribution < 1.29 is 4.79 Å². The highest BCUT2D eigenvalue weighted by Gasteiger charge is 2.10. The summed E-state index contributed by atoms with van der Waals surface area (Å²) in [5.41, 5.74) is 0.991. The third-order valence-corrected chi connectivity index (χ3v) is 5.52. The molecule has 0 atom stereocenters. The number of aromatic nitrogens is 2. The van der Waals surface area contributed by atoms with Gasteiger partial charge in [-0.15, -0.1) is 22.0 Å². The molecule has 0 saturated heterocycles. The molecule has 0 aliphatic heterocycles. The highest BCUT2D eigenvalue weighted by atomic mass is 35.5. The molecule has 1 amide bonds. The molecule has 7 heteroatoms. The lowest BCUT2D eigenvalue weighted by molar-refractivity contribution is -0.115. The summed E-state index contributed by atoms with van der Waals surface area (Å²) < 4.78 is 0. The van der Waals surface area contributed by atoms with Gasteiger partial charge in [-0.2, -0.15) is 0 Å². The van der Waals surface area contributed by atoms with Gasteiger partial charge >= 0.3 is 0 Å². The molecule has 3 rings (SSSR count). The summed E-state index contributed by atoms with van der Waals surface area (Å²) in [6.45, 7) is 0. The molecule has 0 radical (unpaired) electrons. The number of rotatable bonds is 6. The Morgan fingerprint density at radius 2 is 1.83 bits per heavy atom. The van der Waals surface area contributed by atoms with Crippen molar-refractivity contribution in [2.24, 2.45) is 0 Å². The number of carbonyl (C=O) groups excluding carboxylic acids is 1. The fraction of sp³-hybridized carbons (Fsp3) is 0.118. The average Bonchev–Trinajstić information content (AvgIpc) is 3.06. The van der Waals surface area contributed by atoms with Crippen molar-refractivity contribution in [3.63, 3.8) is 0 Å². The lowest BCUT2D eigenvalue weighted by atomic mass is 10.2. The van der Waals surface area contributed by atoms with Crippen LogP contribution >= 0.6 is 34.7 Å². The van der Waals surface area contributed by atoms with Gasteiger partial charge in [0.25, 0.3) is 0 Å². The Morgan fingerprint density at radius 1 is 1.08 bits per heavy atom. The van der Waals surface area contributed by atoms with E-state index in [0.717, 1.165) is 15.5 Å². The monoisotopic (exact) mass is 375 g/mol. The van der Waals surface area contributed by atoms with E-state index in [2.05, 4.69) is 15.5 Å². The van der Waals surface area contributed by atoms with Gasteiger partial charge in [0.1, 0.15) is 5.01 Å². The fourth-order valence-electron chi connectivity index (χ4n) is 1.97. The topological polar surface area (TPSA) is 54.9 Å². The molecule has 1 heterocycles. The molecule has 24 heavy (non-hydrogen) atoms. The SMILES string of the molecule is O=C(CCSc1ccccc1Cl)Nc1nnc(-c2ccccc2)s1. The van der Waals surface area contributed by atoms with Gasteiger partial charge in [0, 0.05) is 22.6 Å². The predicted molar refractivity (Wildman–Crippen MR) is 101 cm³/mol. The minimum absolute atomic E-state index is 0.0784. The Hall–Kier alpha value is -1.89. The summed E-state index contributed by atoms with van der Waals surface area (Å²) in [7, 11) is 0. The summed E-state index contributed by atoms with van der Waals surface area (Å²) in [5.74, 6) is 0.574. The maximum Gasteiger partial charge on any atom is 0.227 e. The van der Waals surface area contributed by atoms with Crippen LogP contribution in [0.1, 0.15) is 6.42 Å². The summed E-state index contributed by atoms with van der Waals surface area (Å²) >= 11 is 9.02. The van der Waals surface area contributed by atoms with Crippen LogP contribution in [-0.2, 0) is 4.79 Å². The van der Waals surface area contributed by atoms with Crippen LogP contribution in [0.2, 0.25) is 5.02 Å². The third-order valence-electron chi connectivity index (χ3n) is 3.12. The number of hydrogen-bond acceptors (Lipinski definition) is 5. The number of benzene rings is 2. The van der Waals surface area contributed by atoms with Gasteiger partial charge in [0.05, 0.1) is 5.02 Å². The number of amides is 1. The predicted octanol–water partition coefficient (Wildman–Crippen LogP) is 4.98. The molecular formula is C17H14ClN3OS2. The van der Waals surface area contributed by atoms with Crippen molar-refractivity contribution in [1.29, 1.82) is 0 Å². The average molecular weight is 376 g/mol. The van der Waals surface area contributed by atoms with Gasteiger partial charge in [-0.05, 0) is 12.1 Å². The first kappa shape index (κ1) is 17.0. The Morgan fingerprint density at radius 3 is 2.62 bits per heavy atom. The molecule has 0 aliphatic carbocycles. The van der Waals surface area contributed by atoms with Gasteiger partial charge in [-0.1, -0.05) is 65.4 Å². The molecule has 3 aromatic rings. The van der Waals surface area contributed by atoms with E-state index in [1.165, 1.54) is 11.3 Å². The molecular weight excluding hydrogens is 362 g/mol. The van der Waals surface area contributed by atoms with Crippen molar-refractivity contribution in [2.45, 2.75) is 11.3 Å². The zero-order valence-electron chi connectivity index (χ0n) is 12.6. The molecule has 1 N–H and O–H groups in total. The molecule has 0 fully saturated rings. The first-order valence-electron chi connectivity index (χ1n) is 7.28. The Balaban J connectivity index is 1.51. The molecule has 0 unspecified atom stereocenters. The third kappa shape index (κ3) is 4.56. The smallest absolute Gasteiger partial charge is 0.227 e. The number of anilines is 1. The molecule has 0 aliphatic rings. The Kier molecular flexibility index (Phi) is 5.85. The highest BCUT2D eigenvalue weighted by molar-refractivity contribution is 7.99. The molecule has 122 valence electrons. The summed E-state index contributed by atoms with van der Waals surface area (Å²) in [4.78, 5) is 13.0. The van der Waals surface area contributed by atoms with Crippen molar-refractivity contribution in [3.05, 3.63) is 59.6 Å². The maximum absolute atomic E-state index is 12.0. The van der Waals surface area contributed by atoms with Gasteiger partial charge in [-0.25, -0.2) is 0 Å². The van der Waals surface area contributed by atoms with E-state index in [-0.39, 0.29) is 5.91 Å². The maximum atomic E-state index is 12.0. The lowest BCUT2D eigenvalue weighted by Gasteiger charge is -2.03. The number of hydrogen-bond donors (Lipinski definition) is 1. The molecule has 0 saturated carbocycles. The zero-order valence-corrected chi connectivity index (χ0v) is 15.0. The van der Waals surface area contributed by atoms with Gasteiger partial charge < -0.3 is 5.32 Å². The minimum Gasteiger partial charge on any atom is -0.300 e. The van der Waals surface area contributed by atoms with E-state index in [1.54, 1.807) is 11.8 Å². The van der Waals surface area contributed by atoms with Gasteiger partial charge in [0.2, 0.25) is 11.0 Å². The van der Waals surface area contributed by atoms with Crippen LogP contribution in [0.5, 0.6) is 0 Å². The first-order chi connectivity index (χ1) is 11.7. The number of thioether (sulfide) groups is 1. The van der Waals surface area contributed by atoms with Gasteiger partial charge in [0.15, 0.2) is 0 Å². The second kappa shape index (κ2) is 8.28. The number of nitrogens with one attached hydrogen (secondary N) is 1. The van der Waals surface area contributed by atoms with Crippen LogP contribution in [0, 0.1) is 0 Å². The van der Waals surface area contributed by atoms with Crippen molar-refractivity contribution in [1.82, 2.24) is 10.2 Å². The van der Waals surface area contributed by atoms with Crippen LogP contribution in [0.3, 0.4) is 0 Å². The van der Waals surface area contributed by atoms with E-state index in [9.17, 15) is 4.79 Å². The van der Waals surface area contributed by atoms with E-state index < -0.39 is 0 Å². The largest absolute Gasteiger partial charge is 0.300 e. The second-order valence-corrected chi connectivity index (χ2v) is 7.38. The molecule has 2 aromatic carbocycles. The van der Waals surface area contributed by atoms with Crippen LogP contribution in [0.4, 0.5) is 5.13 Å².